The SMILES string of the molecule is S=C1O[C@H]2CC[C@H]3CC[C@@H]1[C@H]32. The summed E-state index contributed by atoms with van der Waals surface area (Å²) in [6, 6.07) is 0. The van der Waals surface area contributed by atoms with Crippen molar-refractivity contribution in [3.63, 3.8) is 0 Å². The fourth-order valence-corrected chi connectivity index (χ4v) is 3.62. The summed E-state index contributed by atoms with van der Waals surface area (Å²) < 4.78 is 5.65. The van der Waals surface area contributed by atoms with Crippen molar-refractivity contribution in [1.82, 2.24) is 0 Å². The van der Waals surface area contributed by atoms with Crippen LogP contribution in [0.1, 0.15) is 25.7 Å². The quantitative estimate of drug-likeness (QED) is 0.512. The van der Waals surface area contributed by atoms with E-state index in [-0.39, 0.29) is 0 Å². The van der Waals surface area contributed by atoms with Crippen molar-refractivity contribution in [3.05, 3.63) is 0 Å². The zero-order valence-corrected chi connectivity index (χ0v) is 7.27. The Bertz CT molecular complexity index is 214. The monoisotopic (exact) mass is 168 g/mol. The number of thiocarbonyl (C=S) groups is 1. The third kappa shape index (κ3) is 0.689. The van der Waals surface area contributed by atoms with E-state index in [1.54, 1.807) is 0 Å². The molecule has 1 saturated heterocycles. The van der Waals surface area contributed by atoms with Crippen LogP contribution in [0.2, 0.25) is 0 Å². The predicted octanol–water partition coefficient (Wildman–Crippen LogP) is 2.15. The number of ether oxygens (including phenoxy) is 1. The van der Waals surface area contributed by atoms with Gasteiger partial charge in [-0.2, -0.15) is 0 Å². The van der Waals surface area contributed by atoms with Crippen molar-refractivity contribution in [1.29, 1.82) is 0 Å². The Balaban J connectivity index is 1.99. The Morgan fingerprint density at radius 2 is 2.00 bits per heavy atom. The van der Waals surface area contributed by atoms with Crippen LogP contribution in [0.5, 0.6) is 0 Å². The van der Waals surface area contributed by atoms with Crippen LogP contribution in [0.15, 0.2) is 0 Å². The lowest BCUT2D eigenvalue weighted by Gasteiger charge is -2.09. The molecule has 0 aromatic carbocycles. The largest absolute Gasteiger partial charge is 0.483 e. The molecule has 1 nitrogen and oxygen atoms in total. The summed E-state index contributed by atoms with van der Waals surface area (Å²) in [5.74, 6) is 2.47. The molecule has 1 heterocycles. The summed E-state index contributed by atoms with van der Waals surface area (Å²) >= 11 is 5.20. The van der Waals surface area contributed by atoms with E-state index in [4.69, 9.17) is 17.0 Å². The predicted molar refractivity (Wildman–Crippen MR) is 46.4 cm³/mol. The van der Waals surface area contributed by atoms with Gasteiger partial charge in [0.2, 0.25) is 0 Å². The van der Waals surface area contributed by atoms with Gasteiger partial charge in [-0.1, -0.05) is 0 Å². The summed E-state index contributed by atoms with van der Waals surface area (Å²) in [6.45, 7) is 0. The molecule has 11 heavy (non-hydrogen) atoms. The molecule has 0 spiro atoms. The maximum Gasteiger partial charge on any atom is 0.163 e. The lowest BCUT2D eigenvalue weighted by molar-refractivity contribution is 0.190. The molecule has 2 saturated carbocycles. The molecule has 1 aliphatic heterocycles. The van der Waals surface area contributed by atoms with Crippen LogP contribution >= 0.6 is 12.2 Å². The van der Waals surface area contributed by atoms with E-state index in [1.165, 1.54) is 25.7 Å². The van der Waals surface area contributed by atoms with E-state index in [0.717, 1.165) is 16.9 Å². The van der Waals surface area contributed by atoms with E-state index < -0.39 is 0 Å². The van der Waals surface area contributed by atoms with Crippen LogP contribution in [0.3, 0.4) is 0 Å². The molecule has 2 aliphatic carbocycles. The normalized spacial score (nSPS) is 52.9. The molecule has 0 N–H and O–H groups in total. The van der Waals surface area contributed by atoms with Crippen molar-refractivity contribution in [2.75, 3.05) is 0 Å². The molecule has 3 fully saturated rings. The zero-order chi connectivity index (χ0) is 7.42. The van der Waals surface area contributed by atoms with E-state index >= 15 is 0 Å². The average Bonchev–Trinajstić information content (AvgIpc) is 2.53. The molecule has 0 bridgehead atoms. The van der Waals surface area contributed by atoms with Crippen LogP contribution < -0.4 is 0 Å². The molecule has 0 radical (unpaired) electrons. The molecule has 0 unspecified atom stereocenters. The lowest BCUT2D eigenvalue weighted by atomic mass is 9.94. The second-order valence-corrected chi connectivity index (χ2v) is 4.48. The number of hydrogen-bond acceptors (Lipinski definition) is 2. The fourth-order valence-electron chi connectivity index (χ4n) is 3.23. The highest BCUT2D eigenvalue weighted by molar-refractivity contribution is 7.80. The van der Waals surface area contributed by atoms with Crippen LogP contribution in [0.25, 0.3) is 0 Å². The number of rotatable bonds is 0. The van der Waals surface area contributed by atoms with E-state index in [0.29, 0.717) is 12.0 Å². The summed E-state index contributed by atoms with van der Waals surface area (Å²) in [6.07, 6.45) is 5.92. The molecular weight excluding hydrogens is 156 g/mol. The van der Waals surface area contributed by atoms with Gasteiger partial charge in [0.05, 0.1) is 0 Å². The minimum atomic E-state index is 0.528. The Kier molecular flexibility index (Phi) is 1.15. The van der Waals surface area contributed by atoms with Gasteiger partial charge >= 0.3 is 0 Å². The minimum absolute atomic E-state index is 0.528. The first-order valence-electron chi connectivity index (χ1n) is 4.57. The van der Waals surface area contributed by atoms with Gasteiger partial charge in [0, 0.05) is 11.8 Å². The van der Waals surface area contributed by atoms with E-state index in [2.05, 4.69) is 0 Å². The van der Waals surface area contributed by atoms with Gasteiger partial charge in [-0.25, -0.2) is 0 Å². The van der Waals surface area contributed by atoms with E-state index in [9.17, 15) is 0 Å². The van der Waals surface area contributed by atoms with Gasteiger partial charge in [0.25, 0.3) is 0 Å². The zero-order valence-electron chi connectivity index (χ0n) is 6.45. The Labute approximate surface area is 72.1 Å². The van der Waals surface area contributed by atoms with Crippen molar-refractivity contribution in [3.8, 4) is 0 Å². The molecule has 0 aromatic rings. The first-order valence-corrected chi connectivity index (χ1v) is 4.97. The summed E-state index contributed by atoms with van der Waals surface area (Å²) in [7, 11) is 0. The molecular formula is C9H12OS. The van der Waals surface area contributed by atoms with Gasteiger partial charge in [-0.05, 0) is 43.8 Å². The number of hydrogen-bond donors (Lipinski definition) is 0. The molecule has 3 aliphatic rings. The van der Waals surface area contributed by atoms with E-state index in [1.807, 2.05) is 0 Å². The fraction of sp³-hybridized carbons (Fsp3) is 0.889. The molecule has 3 rings (SSSR count). The Morgan fingerprint density at radius 1 is 1.18 bits per heavy atom. The topological polar surface area (TPSA) is 9.23 Å². The standard InChI is InChI=1S/C9H12OS/c11-9-6-3-1-5-2-4-7(10-9)8(5)6/h5-8H,1-4H2/t5-,6-,7+,8+/m1/s1. The van der Waals surface area contributed by atoms with Crippen LogP contribution in [0, 0.1) is 17.8 Å². The van der Waals surface area contributed by atoms with Crippen molar-refractivity contribution in [2.24, 2.45) is 17.8 Å². The molecule has 0 aromatic heterocycles. The van der Waals surface area contributed by atoms with Gasteiger partial charge < -0.3 is 4.74 Å². The van der Waals surface area contributed by atoms with Crippen LogP contribution in [-0.2, 0) is 4.74 Å². The van der Waals surface area contributed by atoms with Gasteiger partial charge in [-0.15, -0.1) is 0 Å². The second-order valence-electron chi connectivity index (χ2n) is 4.07. The minimum Gasteiger partial charge on any atom is -0.483 e. The summed E-state index contributed by atoms with van der Waals surface area (Å²) in [5, 5.41) is 0.933. The van der Waals surface area contributed by atoms with Crippen LogP contribution in [-0.4, -0.2) is 11.2 Å². The molecule has 60 valence electrons. The smallest absolute Gasteiger partial charge is 0.163 e. The maximum absolute atomic E-state index is 5.65. The highest BCUT2D eigenvalue weighted by Crippen LogP contribution is 2.53. The maximum atomic E-state index is 5.65. The first kappa shape index (κ1) is 6.41. The van der Waals surface area contributed by atoms with Crippen molar-refractivity contribution in [2.45, 2.75) is 31.8 Å². The highest BCUT2D eigenvalue weighted by Gasteiger charge is 2.53. The van der Waals surface area contributed by atoms with Crippen molar-refractivity contribution >= 4 is 17.3 Å². The van der Waals surface area contributed by atoms with Gasteiger partial charge in [0.15, 0.2) is 5.05 Å². The van der Waals surface area contributed by atoms with Gasteiger partial charge in [0.1, 0.15) is 6.10 Å². The highest BCUT2D eigenvalue weighted by atomic mass is 32.1. The molecule has 4 atom stereocenters. The average molecular weight is 168 g/mol. The molecule has 0 amide bonds. The Morgan fingerprint density at radius 3 is 2.91 bits per heavy atom. The summed E-state index contributed by atoms with van der Waals surface area (Å²) in [4.78, 5) is 0. The van der Waals surface area contributed by atoms with Crippen LogP contribution in [0.4, 0.5) is 0 Å². The molecule has 2 heteroatoms. The first-order chi connectivity index (χ1) is 5.36. The Hall–Kier alpha value is -0.110. The van der Waals surface area contributed by atoms with Gasteiger partial charge in [-0.3, -0.25) is 0 Å². The van der Waals surface area contributed by atoms with Crippen molar-refractivity contribution < 1.29 is 4.74 Å². The lowest BCUT2D eigenvalue weighted by Crippen LogP contribution is -2.13. The third-order valence-corrected chi connectivity index (χ3v) is 4.08. The summed E-state index contributed by atoms with van der Waals surface area (Å²) in [5.41, 5.74) is 0. The second kappa shape index (κ2) is 1.98. The third-order valence-electron chi connectivity index (χ3n) is 3.68.